The Bertz CT molecular complexity index is 472. The average Bonchev–Trinajstić information content (AvgIpc) is 2.81. The summed E-state index contributed by atoms with van der Waals surface area (Å²) in [5.41, 5.74) is -0.578. The molecule has 0 bridgehead atoms. The van der Waals surface area contributed by atoms with Crippen LogP contribution in [0.5, 0.6) is 0 Å². The number of hydrogen-bond donors (Lipinski definition) is 2. The first-order chi connectivity index (χ1) is 16.4. The summed E-state index contributed by atoms with van der Waals surface area (Å²) in [6.07, 6.45) is 24.2. The molecule has 1 atom stereocenters. The third-order valence-electron chi connectivity index (χ3n) is 7.76. The molecule has 0 heterocycles. The lowest BCUT2D eigenvalue weighted by molar-refractivity contribution is -0.155. The predicted molar refractivity (Wildman–Crippen MR) is 144 cm³/mol. The van der Waals surface area contributed by atoms with Crippen molar-refractivity contribution in [3.05, 3.63) is 0 Å². The second kappa shape index (κ2) is 22.4. The van der Waals surface area contributed by atoms with E-state index in [-0.39, 0.29) is 12.3 Å². The fourth-order valence-corrected chi connectivity index (χ4v) is 5.53. The molecular formula is C30H58O4. The van der Waals surface area contributed by atoms with Gasteiger partial charge in [0.25, 0.3) is 0 Å². The Morgan fingerprint density at radius 1 is 0.559 bits per heavy atom. The van der Waals surface area contributed by atoms with E-state index in [1.165, 1.54) is 51.4 Å². The van der Waals surface area contributed by atoms with Crippen LogP contribution < -0.4 is 0 Å². The zero-order valence-corrected chi connectivity index (χ0v) is 23.1. The van der Waals surface area contributed by atoms with Crippen LogP contribution in [0.4, 0.5) is 0 Å². The maximum absolute atomic E-state index is 12.9. The molecule has 0 aliphatic rings. The number of carbonyl (C=O) groups is 2. The highest BCUT2D eigenvalue weighted by Crippen LogP contribution is 2.45. The van der Waals surface area contributed by atoms with E-state index >= 15 is 0 Å². The van der Waals surface area contributed by atoms with Gasteiger partial charge in [0.05, 0.1) is 5.41 Å². The Morgan fingerprint density at radius 3 is 1.44 bits per heavy atom. The number of unbranched alkanes of at least 4 members (excludes halogenated alkanes) is 14. The maximum Gasteiger partial charge on any atom is 0.309 e. The summed E-state index contributed by atoms with van der Waals surface area (Å²) in [5, 5.41) is 19.5. The molecule has 0 aromatic heterocycles. The van der Waals surface area contributed by atoms with Gasteiger partial charge in [-0.05, 0) is 38.0 Å². The van der Waals surface area contributed by atoms with E-state index in [2.05, 4.69) is 20.8 Å². The monoisotopic (exact) mass is 482 g/mol. The van der Waals surface area contributed by atoms with Gasteiger partial charge in [-0.3, -0.25) is 9.59 Å². The summed E-state index contributed by atoms with van der Waals surface area (Å²) in [4.78, 5) is 23.7. The van der Waals surface area contributed by atoms with Gasteiger partial charge in [-0.1, -0.05) is 130 Å². The molecule has 0 aliphatic heterocycles. The summed E-state index contributed by atoms with van der Waals surface area (Å²) in [6.45, 7) is 6.67. The van der Waals surface area contributed by atoms with Crippen molar-refractivity contribution in [3.8, 4) is 0 Å². The molecule has 0 fully saturated rings. The molecule has 0 saturated carbocycles. The van der Waals surface area contributed by atoms with Crippen LogP contribution in [0.1, 0.15) is 168 Å². The first kappa shape index (κ1) is 32.9. The minimum Gasteiger partial charge on any atom is -0.481 e. The summed E-state index contributed by atoms with van der Waals surface area (Å²) < 4.78 is 0. The second-order valence-corrected chi connectivity index (χ2v) is 10.7. The quantitative estimate of drug-likeness (QED) is 0.120. The lowest BCUT2D eigenvalue weighted by Crippen LogP contribution is -2.39. The topological polar surface area (TPSA) is 74.6 Å². The molecule has 0 amide bonds. The summed E-state index contributed by atoms with van der Waals surface area (Å²) in [7, 11) is 0. The van der Waals surface area contributed by atoms with E-state index in [1.54, 1.807) is 0 Å². The highest BCUT2D eigenvalue weighted by Gasteiger charge is 2.43. The molecule has 202 valence electrons. The van der Waals surface area contributed by atoms with Crippen molar-refractivity contribution in [3.63, 3.8) is 0 Å². The first-order valence-corrected chi connectivity index (χ1v) is 14.9. The predicted octanol–water partition coefficient (Wildman–Crippen LogP) is 9.79. The van der Waals surface area contributed by atoms with Crippen LogP contribution in [0.15, 0.2) is 0 Å². The lowest BCUT2D eigenvalue weighted by atomic mass is 9.65. The third kappa shape index (κ3) is 15.8. The fourth-order valence-electron chi connectivity index (χ4n) is 5.53. The Hall–Kier alpha value is -1.06. The molecule has 0 spiro atoms. The van der Waals surface area contributed by atoms with Gasteiger partial charge in [0.15, 0.2) is 0 Å². The van der Waals surface area contributed by atoms with Crippen molar-refractivity contribution in [2.45, 2.75) is 168 Å². The average molecular weight is 483 g/mol. The Morgan fingerprint density at radius 2 is 0.971 bits per heavy atom. The second-order valence-electron chi connectivity index (χ2n) is 10.7. The van der Waals surface area contributed by atoms with Crippen LogP contribution in [0.2, 0.25) is 0 Å². The van der Waals surface area contributed by atoms with Gasteiger partial charge in [0.2, 0.25) is 0 Å². The molecule has 0 aromatic rings. The minimum atomic E-state index is -0.719. The number of carboxylic acids is 2. The van der Waals surface area contributed by atoms with Crippen LogP contribution in [-0.4, -0.2) is 22.2 Å². The molecule has 4 nitrogen and oxygen atoms in total. The molecule has 0 aliphatic carbocycles. The molecule has 2 N–H and O–H groups in total. The van der Waals surface area contributed by atoms with Crippen molar-refractivity contribution >= 4 is 11.9 Å². The number of rotatable bonds is 26. The van der Waals surface area contributed by atoms with E-state index in [1.807, 2.05) is 0 Å². The molecule has 1 unspecified atom stereocenters. The number of aliphatic carboxylic acids is 2. The largest absolute Gasteiger partial charge is 0.481 e. The highest BCUT2D eigenvalue weighted by molar-refractivity contribution is 5.75. The van der Waals surface area contributed by atoms with E-state index in [0.29, 0.717) is 0 Å². The summed E-state index contributed by atoms with van der Waals surface area (Å²) >= 11 is 0. The number of carboxylic acid groups (broad SMARTS) is 2. The minimum absolute atomic E-state index is 0.244. The zero-order chi connectivity index (χ0) is 25.5. The number of hydrogen-bond acceptors (Lipinski definition) is 2. The van der Waals surface area contributed by atoms with Gasteiger partial charge in [-0.25, -0.2) is 0 Å². The normalized spacial score (nSPS) is 12.7. The fraction of sp³-hybridized carbons (Fsp3) is 0.933. The Balaban J connectivity index is 5.17. The molecule has 0 rings (SSSR count). The zero-order valence-electron chi connectivity index (χ0n) is 23.1. The maximum atomic E-state index is 12.9. The van der Waals surface area contributed by atoms with E-state index < -0.39 is 17.4 Å². The van der Waals surface area contributed by atoms with Crippen LogP contribution in [0.25, 0.3) is 0 Å². The van der Waals surface area contributed by atoms with Crippen LogP contribution in [0, 0.1) is 11.3 Å². The Labute approximate surface area is 211 Å². The molecular weight excluding hydrogens is 424 g/mol. The van der Waals surface area contributed by atoms with Crippen LogP contribution in [-0.2, 0) is 9.59 Å². The van der Waals surface area contributed by atoms with E-state index in [4.69, 9.17) is 5.11 Å². The molecule has 34 heavy (non-hydrogen) atoms. The van der Waals surface area contributed by atoms with Crippen molar-refractivity contribution in [2.24, 2.45) is 11.3 Å². The lowest BCUT2D eigenvalue weighted by Gasteiger charge is -2.38. The van der Waals surface area contributed by atoms with Crippen LogP contribution >= 0.6 is 0 Å². The molecule has 0 aromatic carbocycles. The van der Waals surface area contributed by atoms with Crippen molar-refractivity contribution in [1.29, 1.82) is 0 Å². The van der Waals surface area contributed by atoms with Gasteiger partial charge < -0.3 is 10.2 Å². The summed E-state index contributed by atoms with van der Waals surface area (Å²) in [6, 6.07) is 0. The molecule has 4 heteroatoms. The van der Waals surface area contributed by atoms with Gasteiger partial charge in [0.1, 0.15) is 0 Å². The van der Waals surface area contributed by atoms with E-state index in [0.717, 1.165) is 89.9 Å². The third-order valence-corrected chi connectivity index (χ3v) is 7.76. The smallest absolute Gasteiger partial charge is 0.309 e. The highest BCUT2D eigenvalue weighted by atomic mass is 16.4. The standard InChI is InChI=1S/C30H58O4/c1-4-7-10-12-16-20-25-30(29(33)34,26-21-17-13-11-8-5-2)27(22-9-6-3)23-18-14-15-19-24-28(31)32/h27H,4-26H2,1-3H3,(H,31,32)(H,33,34). The first-order valence-electron chi connectivity index (χ1n) is 14.9. The van der Waals surface area contributed by atoms with Gasteiger partial charge in [0, 0.05) is 6.42 Å². The van der Waals surface area contributed by atoms with Crippen molar-refractivity contribution in [1.82, 2.24) is 0 Å². The van der Waals surface area contributed by atoms with Gasteiger partial charge >= 0.3 is 11.9 Å². The van der Waals surface area contributed by atoms with E-state index in [9.17, 15) is 14.7 Å². The van der Waals surface area contributed by atoms with Gasteiger partial charge in [-0.15, -0.1) is 0 Å². The molecule has 0 radical (unpaired) electrons. The molecule has 0 saturated heterocycles. The van der Waals surface area contributed by atoms with Gasteiger partial charge in [-0.2, -0.15) is 0 Å². The SMILES string of the molecule is CCCCCCCCC(CCCCCCCC)(C(=O)O)C(CCCC)CCCCCCC(=O)O. The Kier molecular flexibility index (Phi) is 21.7. The van der Waals surface area contributed by atoms with Crippen molar-refractivity contribution < 1.29 is 19.8 Å². The summed E-state index contributed by atoms with van der Waals surface area (Å²) in [5.74, 6) is -1.03. The van der Waals surface area contributed by atoms with Crippen molar-refractivity contribution in [2.75, 3.05) is 0 Å². The van der Waals surface area contributed by atoms with Crippen LogP contribution in [0.3, 0.4) is 0 Å².